The summed E-state index contributed by atoms with van der Waals surface area (Å²) in [4.78, 5) is 30.4. The summed E-state index contributed by atoms with van der Waals surface area (Å²) in [5, 5.41) is 6.23. The van der Waals surface area contributed by atoms with E-state index in [9.17, 15) is 13.2 Å². The van der Waals surface area contributed by atoms with Crippen molar-refractivity contribution in [2.24, 2.45) is 0 Å². The number of benzene rings is 2. The molecule has 11 nitrogen and oxygen atoms in total. The van der Waals surface area contributed by atoms with Crippen molar-refractivity contribution in [3.63, 3.8) is 0 Å². The van der Waals surface area contributed by atoms with Crippen LogP contribution in [0.1, 0.15) is 21.5 Å². The van der Waals surface area contributed by atoms with Gasteiger partial charge in [-0.1, -0.05) is 18.2 Å². The van der Waals surface area contributed by atoms with Crippen LogP contribution in [-0.4, -0.2) is 82.1 Å². The molecule has 2 aromatic carbocycles. The molecule has 0 atom stereocenters. The maximum absolute atomic E-state index is 13.0. The quantitative estimate of drug-likeness (QED) is 0.234. The molecule has 1 saturated heterocycles. The topological polar surface area (TPSA) is 141 Å². The van der Waals surface area contributed by atoms with E-state index < -0.39 is 10.1 Å². The van der Waals surface area contributed by atoms with E-state index in [0.717, 1.165) is 60.8 Å². The number of amides is 1. The molecule has 12 heteroatoms. The van der Waals surface area contributed by atoms with Gasteiger partial charge >= 0.3 is 0 Å². The van der Waals surface area contributed by atoms with E-state index in [2.05, 4.69) is 30.5 Å². The maximum Gasteiger partial charge on any atom is 0.266 e. The second kappa shape index (κ2) is 13.2. The Morgan fingerprint density at radius 2 is 1.74 bits per heavy atom. The van der Waals surface area contributed by atoms with Crippen molar-refractivity contribution in [2.75, 3.05) is 49.1 Å². The van der Waals surface area contributed by atoms with E-state index in [-0.39, 0.29) is 11.7 Å². The van der Waals surface area contributed by atoms with Crippen molar-refractivity contribution >= 4 is 33.3 Å². The number of piperazine rings is 1. The number of nitrogens with one attached hydrogen (secondary N) is 2. The number of hydrogen-bond acceptors (Lipinski definition) is 9. The van der Waals surface area contributed by atoms with E-state index >= 15 is 0 Å². The number of aromatic nitrogens is 3. The highest BCUT2D eigenvalue weighted by Gasteiger charge is 2.19. The largest absolute Gasteiger partial charge is 0.324 e. The first kappa shape index (κ1) is 29.3. The summed E-state index contributed by atoms with van der Waals surface area (Å²) in [6.45, 7) is 6.13. The lowest BCUT2D eigenvalue weighted by Gasteiger charge is -2.34. The number of carbonyl (C=O) groups excluding carboxylic acids is 1. The molecule has 3 N–H and O–H groups in total. The zero-order chi connectivity index (χ0) is 29.5. The lowest BCUT2D eigenvalue weighted by Crippen LogP contribution is -2.47. The van der Waals surface area contributed by atoms with E-state index in [1.54, 1.807) is 18.6 Å². The summed E-state index contributed by atoms with van der Waals surface area (Å²) in [6, 6.07) is 18.8. The van der Waals surface area contributed by atoms with Crippen molar-refractivity contribution in [3.05, 3.63) is 95.9 Å². The summed E-state index contributed by atoms with van der Waals surface area (Å²) in [5.74, 6) is -0.0110. The Morgan fingerprint density at radius 3 is 2.45 bits per heavy atom. The van der Waals surface area contributed by atoms with Crippen molar-refractivity contribution in [1.82, 2.24) is 24.8 Å². The van der Waals surface area contributed by atoms with Gasteiger partial charge < -0.3 is 10.6 Å². The Morgan fingerprint density at radius 1 is 0.976 bits per heavy atom. The first-order chi connectivity index (χ1) is 20.2. The van der Waals surface area contributed by atoms with Crippen LogP contribution in [0.25, 0.3) is 11.3 Å². The molecular formula is C30H33N7O4S. The van der Waals surface area contributed by atoms with Gasteiger partial charge in [0, 0.05) is 80.4 Å². The molecule has 0 saturated carbocycles. The zero-order valence-electron chi connectivity index (χ0n) is 23.3. The fraction of sp³-hybridized carbons (Fsp3) is 0.267. The Labute approximate surface area is 245 Å². The first-order valence-corrected chi connectivity index (χ1v) is 15.2. The summed E-state index contributed by atoms with van der Waals surface area (Å²) < 4.78 is 30.9. The molecule has 0 bridgehead atoms. The summed E-state index contributed by atoms with van der Waals surface area (Å²) >= 11 is 0. The van der Waals surface area contributed by atoms with E-state index in [4.69, 9.17) is 4.55 Å². The highest BCUT2D eigenvalue weighted by Crippen LogP contribution is 2.25. The van der Waals surface area contributed by atoms with Crippen molar-refractivity contribution in [1.29, 1.82) is 0 Å². The number of anilines is 3. The minimum Gasteiger partial charge on any atom is -0.324 e. The molecule has 4 aromatic rings. The number of nitrogens with zero attached hydrogens (tertiary/aromatic N) is 5. The van der Waals surface area contributed by atoms with Crippen LogP contribution in [0.4, 0.5) is 17.3 Å². The lowest BCUT2D eigenvalue weighted by atomic mass is 10.1. The Kier molecular flexibility index (Phi) is 9.18. The summed E-state index contributed by atoms with van der Waals surface area (Å²) in [6.07, 6.45) is 5.16. The molecular weight excluding hydrogens is 554 g/mol. The number of aryl methyl sites for hydroxylation is 1. The van der Waals surface area contributed by atoms with Crippen LogP contribution in [0.15, 0.2) is 79.3 Å². The number of pyridine rings is 1. The van der Waals surface area contributed by atoms with E-state index in [1.807, 2.05) is 72.5 Å². The molecule has 0 spiro atoms. The fourth-order valence-electron chi connectivity index (χ4n) is 4.69. The molecule has 0 aliphatic carbocycles. The molecule has 0 unspecified atom stereocenters. The molecule has 5 rings (SSSR count). The molecule has 1 amide bonds. The molecule has 42 heavy (non-hydrogen) atoms. The van der Waals surface area contributed by atoms with Gasteiger partial charge in [0.2, 0.25) is 5.95 Å². The van der Waals surface area contributed by atoms with Gasteiger partial charge in [0.05, 0.1) is 11.4 Å². The maximum atomic E-state index is 13.0. The van der Waals surface area contributed by atoms with Gasteiger partial charge in [0.1, 0.15) is 0 Å². The third kappa shape index (κ3) is 8.17. The van der Waals surface area contributed by atoms with Crippen molar-refractivity contribution in [3.8, 4) is 11.3 Å². The molecule has 2 aromatic heterocycles. The van der Waals surface area contributed by atoms with Crippen molar-refractivity contribution in [2.45, 2.75) is 13.5 Å². The van der Waals surface area contributed by atoms with Gasteiger partial charge in [-0.25, -0.2) is 9.97 Å². The Hall–Kier alpha value is -4.23. The van der Waals surface area contributed by atoms with Crippen LogP contribution >= 0.6 is 0 Å². The minimum absolute atomic E-state index is 0.210. The van der Waals surface area contributed by atoms with E-state index in [1.165, 1.54) is 0 Å². The number of rotatable bonds is 10. The van der Waals surface area contributed by atoms with Crippen LogP contribution in [0.2, 0.25) is 0 Å². The predicted molar refractivity (Wildman–Crippen MR) is 162 cm³/mol. The average Bonchev–Trinajstić information content (AvgIpc) is 2.99. The van der Waals surface area contributed by atoms with Gasteiger partial charge in [-0.3, -0.25) is 24.1 Å². The van der Waals surface area contributed by atoms with Crippen LogP contribution in [0, 0.1) is 6.92 Å². The highest BCUT2D eigenvalue weighted by atomic mass is 32.2. The molecule has 218 valence electrons. The molecule has 1 aliphatic heterocycles. The second-order valence-electron chi connectivity index (χ2n) is 10.2. The van der Waals surface area contributed by atoms with Crippen molar-refractivity contribution < 1.29 is 17.8 Å². The van der Waals surface area contributed by atoms with E-state index in [0.29, 0.717) is 23.7 Å². The average molecular weight is 588 g/mol. The van der Waals surface area contributed by atoms with Gasteiger partial charge in [0.15, 0.2) is 0 Å². The standard InChI is InChI=1S/C30H33N7O4S/c1-22-4-9-26(19-28(22)35-30-32-12-10-27(34-30)25-3-2-11-31-20-25)33-29(38)24-7-5-23(6-8-24)21-37-15-13-36(14-16-37)17-18-42(39,40)41/h2-12,19-20H,13-18,21H2,1H3,(H,33,38)(H,32,34,35)(H,39,40,41). The number of hydrogen-bond donors (Lipinski definition) is 3. The van der Waals surface area contributed by atoms with Gasteiger partial charge in [-0.2, -0.15) is 8.42 Å². The zero-order valence-corrected chi connectivity index (χ0v) is 24.1. The molecule has 3 heterocycles. The summed E-state index contributed by atoms with van der Waals surface area (Å²) in [5.41, 5.74) is 5.70. The highest BCUT2D eigenvalue weighted by molar-refractivity contribution is 7.85. The lowest BCUT2D eigenvalue weighted by molar-refractivity contribution is 0.102. The van der Waals surface area contributed by atoms with Gasteiger partial charge in [-0.15, -0.1) is 0 Å². The molecule has 1 fully saturated rings. The number of carbonyl (C=O) groups is 1. The van der Waals surface area contributed by atoms with Gasteiger partial charge in [-0.05, 0) is 60.5 Å². The third-order valence-electron chi connectivity index (χ3n) is 7.11. The summed E-state index contributed by atoms with van der Waals surface area (Å²) in [7, 11) is -3.94. The minimum atomic E-state index is -3.94. The predicted octanol–water partition coefficient (Wildman–Crippen LogP) is 3.85. The SMILES string of the molecule is Cc1ccc(NC(=O)c2ccc(CN3CCN(CCS(=O)(=O)O)CC3)cc2)cc1Nc1nccc(-c2cccnc2)n1. The fourth-order valence-corrected chi connectivity index (χ4v) is 5.18. The first-order valence-electron chi connectivity index (χ1n) is 13.6. The van der Waals surface area contributed by atoms with Crippen LogP contribution in [0.3, 0.4) is 0 Å². The molecule has 1 aliphatic rings. The monoisotopic (exact) mass is 587 g/mol. The normalized spacial score (nSPS) is 14.4. The second-order valence-corrected chi connectivity index (χ2v) is 11.8. The van der Waals surface area contributed by atoms with Gasteiger partial charge in [0.25, 0.3) is 16.0 Å². The Balaban J connectivity index is 1.16. The molecule has 0 radical (unpaired) electrons. The van der Waals surface area contributed by atoms with Crippen LogP contribution < -0.4 is 10.6 Å². The van der Waals surface area contributed by atoms with Crippen LogP contribution in [0.5, 0.6) is 0 Å². The smallest absolute Gasteiger partial charge is 0.266 e. The Bertz CT molecular complexity index is 1630. The van der Waals surface area contributed by atoms with Crippen LogP contribution in [-0.2, 0) is 16.7 Å². The third-order valence-corrected chi connectivity index (χ3v) is 7.81.